The number of aromatic nitrogens is 2. The normalized spacial score (nSPS) is 10.7. The minimum absolute atomic E-state index is 0.198. The van der Waals surface area contributed by atoms with E-state index in [1.807, 2.05) is 45.0 Å². The van der Waals surface area contributed by atoms with E-state index in [0.29, 0.717) is 18.8 Å². The van der Waals surface area contributed by atoms with E-state index in [2.05, 4.69) is 15.3 Å². The molecule has 0 saturated heterocycles. The van der Waals surface area contributed by atoms with E-state index in [9.17, 15) is 4.79 Å². The molecule has 0 atom stereocenters. The monoisotopic (exact) mass is 299 g/mol. The average Bonchev–Trinajstić information content (AvgIpc) is 2.52. The average molecular weight is 299 g/mol. The van der Waals surface area contributed by atoms with Crippen LogP contribution in [0, 0.1) is 6.92 Å². The summed E-state index contributed by atoms with van der Waals surface area (Å²) in [6, 6.07) is 7.98. The van der Waals surface area contributed by atoms with Gasteiger partial charge in [-0.3, -0.25) is 9.78 Å². The molecule has 0 bridgehead atoms. The third kappa shape index (κ3) is 4.93. The Morgan fingerprint density at radius 3 is 2.68 bits per heavy atom. The van der Waals surface area contributed by atoms with Crippen LogP contribution in [0.25, 0.3) is 0 Å². The molecule has 0 saturated carbocycles. The van der Waals surface area contributed by atoms with Gasteiger partial charge in [0.15, 0.2) is 0 Å². The van der Waals surface area contributed by atoms with E-state index in [0.717, 1.165) is 16.8 Å². The molecule has 0 aliphatic heterocycles. The summed E-state index contributed by atoms with van der Waals surface area (Å²) in [4.78, 5) is 20.1. The number of aryl methyl sites for hydroxylation is 1. The first kappa shape index (κ1) is 16.1. The zero-order chi connectivity index (χ0) is 15.9. The lowest BCUT2D eigenvalue weighted by molar-refractivity contribution is 0.0657. The molecule has 1 aromatic heterocycles. The lowest BCUT2D eigenvalue weighted by Crippen LogP contribution is -2.24. The van der Waals surface area contributed by atoms with Crippen molar-refractivity contribution in [2.24, 2.45) is 0 Å². The third-order valence-electron chi connectivity index (χ3n) is 3.04. The van der Waals surface area contributed by atoms with E-state index in [1.165, 1.54) is 6.20 Å². The van der Waals surface area contributed by atoms with Crippen molar-refractivity contribution in [2.45, 2.75) is 40.0 Å². The summed E-state index contributed by atoms with van der Waals surface area (Å²) in [7, 11) is 0. The van der Waals surface area contributed by atoms with Crippen LogP contribution in [0.1, 0.15) is 41.2 Å². The number of rotatable bonds is 6. The fourth-order valence-electron chi connectivity index (χ4n) is 1.88. The van der Waals surface area contributed by atoms with Gasteiger partial charge in [0.1, 0.15) is 5.69 Å². The van der Waals surface area contributed by atoms with E-state index < -0.39 is 0 Å². The summed E-state index contributed by atoms with van der Waals surface area (Å²) < 4.78 is 5.58. The molecule has 5 nitrogen and oxygen atoms in total. The lowest BCUT2D eigenvalue weighted by Gasteiger charge is -2.09. The van der Waals surface area contributed by atoms with Crippen molar-refractivity contribution in [3.8, 4) is 0 Å². The summed E-state index contributed by atoms with van der Waals surface area (Å²) in [5.74, 6) is -0.226. The smallest absolute Gasteiger partial charge is 0.271 e. The predicted molar refractivity (Wildman–Crippen MR) is 84.3 cm³/mol. The zero-order valence-corrected chi connectivity index (χ0v) is 13.2. The molecular weight excluding hydrogens is 278 g/mol. The first-order valence-corrected chi connectivity index (χ1v) is 7.31. The highest BCUT2D eigenvalue weighted by Crippen LogP contribution is 2.08. The summed E-state index contributed by atoms with van der Waals surface area (Å²) >= 11 is 0. The van der Waals surface area contributed by atoms with Crippen LogP contribution in [0.3, 0.4) is 0 Å². The van der Waals surface area contributed by atoms with Gasteiger partial charge in [-0.15, -0.1) is 0 Å². The largest absolute Gasteiger partial charge is 0.374 e. The van der Waals surface area contributed by atoms with Crippen molar-refractivity contribution in [3.63, 3.8) is 0 Å². The van der Waals surface area contributed by atoms with Crippen molar-refractivity contribution in [1.29, 1.82) is 0 Å². The van der Waals surface area contributed by atoms with E-state index in [1.54, 1.807) is 6.20 Å². The second-order valence-electron chi connectivity index (χ2n) is 5.41. The van der Waals surface area contributed by atoms with Crippen LogP contribution in [0.4, 0.5) is 0 Å². The molecule has 116 valence electrons. The Bertz CT molecular complexity index is 624. The maximum absolute atomic E-state index is 12.0. The molecule has 1 amide bonds. The van der Waals surface area contributed by atoms with Crippen molar-refractivity contribution in [3.05, 3.63) is 59.2 Å². The molecule has 0 unspecified atom stereocenters. The second-order valence-corrected chi connectivity index (χ2v) is 5.41. The fraction of sp³-hybridized carbons (Fsp3) is 0.353. The minimum Gasteiger partial charge on any atom is -0.374 e. The minimum atomic E-state index is -0.226. The number of nitrogens with zero attached hydrogens (tertiary/aromatic N) is 2. The van der Waals surface area contributed by atoms with E-state index in [4.69, 9.17) is 4.74 Å². The Kier molecular flexibility index (Phi) is 5.61. The fourth-order valence-corrected chi connectivity index (χ4v) is 1.88. The van der Waals surface area contributed by atoms with Gasteiger partial charge >= 0.3 is 0 Å². The van der Waals surface area contributed by atoms with Gasteiger partial charge in [0.05, 0.1) is 24.6 Å². The molecule has 1 aromatic carbocycles. The van der Waals surface area contributed by atoms with Crippen molar-refractivity contribution in [1.82, 2.24) is 15.3 Å². The Labute approximate surface area is 130 Å². The van der Waals surface area contributed by atoms with Crippen LogP contribution >= 0.6 is 0 Å². The van der Waals surface area contributed by atoms with Gasteiger partial charge < -0.3 is 10.1 Å². The molecule has 0 aliphatic rings. The number of amides is 1. The Morgan fingerprint density at radius 2 is 2.00 bits per heavy atom. The third-order valence-corrected chi connectivity index (χ3v) is 3.04. The predicted octanol–water partition coefficient (Wildman–Crippen LogP) is 2.64. The highest BCUT2D eigenvalue weighted by atomic mass is 16.5. The van der Waals surface area contributed by atoms with Crippen LogP contribution in [-0.4, -0.2) is 22.0 Å². The molecule has 5 heteroatoms. The van der Waals surface area contributed by atoms with Gasteiger partial charge in [-0.2, -0.15) is 0 Å². The standard InChI is InChI=1S/C17H21N3O2/c1-12(2)22-11-15-6-4-5-14(7-15)9-20-17(21)16-10-18-13(3)8-19-16/h4-8,10,12H,9,11H2,1-3H3,(H,20,21). The maximum Gasteiger partial charge on any atom is 0.271 e. The van der Waals surface area contributed by atoms with Gasteiger partial charge in [-0.05, 0) is 31.9 Å². The van der Waals surface area contributed by atoms with Crippen LogP contribution in [0.2, 0.25) is 0 Å². The molecule has 0 spiro atoms. The lowest BCUT2D eigenvalue weighted by atomic mass is 10.1. The molecule has 22 heavy (non-hydrogen) atoms. The molecule has 1 N–H and O–H groups in total. The van der Waals surface area contributed by atoms with E-state index >= 15 is 0 Å². The van der Waals surface area contributed by atoms with Crippen molar-refractivity contribution >= 4 is 5.91 Å². The van der Waals surface area contributed by atoms with Crippen LogP contribution < -0.4 is 5.32 Å². The SMILES string of the molecule is Cc1cnc(C(=O)NCc2cccc(COC(C)C)c2)cn1. The zero-order valence-electron chi connectivity index (χ0n) is 13.2. The number of benzene rings is 1. The van der Waals surface area contributed by atoms with Gasteiger partial charge in [-0.25, -0.2) is 4.98 Å². The molecule has 2 rings (SSSR count). The van der Waals surface area contributed by atoms with Crippen molar-refractivity contribution < 1.29 is 9.53 Å². The van der Waals surface area contributed by atoms with Gasteiger partial charge in [0.25, 0.3) is 5.91 Å². The quantitative estimate of drug-likeness (QED) is 0.890. The first-order chi connectivity index (χ1) is 10.5. The van der Waals surface area contributed by atoms with Gasteiger partial charge in [0, 0.05) is 12.7 Å². The number of hydrogen-bond acceptors (Lipinski definition) is 4. The summed E-state index contributed by atoms with van der Waals surface area (Å²) in [5.41, 5.74) is 3.23. The summed E-state index contributed by atoms with van der Waals surface area (Å²) in [6.07, 6.45) is 3.26. The van der Waals surface area contributed by atoms with Crippen LogP contribution in [-0.2, 0) is 17.9 Å². The second kappa shape index (κ2) is 7.66. The Morgan fingerprint density at radius 1 is 1.23 bits per heavy atom. The molecule has 0 aliphatic carbocycles. The highest BCUT2D eigenvalue weighted by Gasteiger charge is 2.07. The first-order valence-electron chi connectivity index (χ1n) is 7.31. The Hall–Kier alpha value is -2.27. The number of ether oxygens (including phenoxy) is 1. The molecular formula is C17H21N3O2. The van der Waals surface area contributed by atoms with Crippen molar-refractivity contribution in [2.75, 3.05) is 0 Å². The molecule has 1 heterocycles. The van der Waals surface area contributed by atoms with Crippen LogP contribution in [0.5, 0.6) is 0 Å². The van der Waals surface area contributed by atoms with Gasteiger partial charge in [-0.1, -0.05) is 24.3 Å². The van der Waals surface area contributed by atoms with Crippen LogP contribution in [0.15, 0.2) is 36.7 Å². The van der Waals surface area contributed by atoms with Gasteiger partial charge in [0.2, 0.25) is 0 Å². The molecule has 2 aromatic rings. The van der Waals surface area contributed by atoms with E-state index in [-0.39, 0.29) is 12.0 Å². The Balaban J connectivity index is 1.92. The topological polar surface area (TPSA) is 64.1 Å². The maximum atomic E-state index is 12.0. The number of hydrogen-bond donors (Lipinski definition) is 1. The molecule has 0 fully saturated rings. The summed E-state index contributed by atoms with van der Waals surface area (Å²) in [5, 5.41) is 2.84. The molecule has 0 radical (unpaired) electrons. The highest BCUT2D eigenvalue weighted by molar-refractivity contribution is 5.91. The number of nitrogens with one attached hydrogen (secondary N) is 1. The summed E-state index contributed by atoms with van der Waals surface area (Å²) in [6.45, 7) is 6.87. The number of carbonyl (C=O) groups is 1. The number of carbonyl (C=O) groups excluding carboxylic acids is 1.